The predicted octanol–water partition coefficient (Wildman–Crippen LogP) is 2.10. The van der Waals surface area contributed by atoms with Crippen molar-refractivity contribution in [2.75, 3.05) is 31.0 Å². The maximum atomic E-state index is 11.5. The number of hydrogen-bond donors (Lipinski definition) is 2. The Kier molecular flexibility index (Phi) is 7.01. The second-order valence-corrected chi connectivity index (χ2v) is 11.2. The fourth-order valence-electron chi connectivity index (χ4n) is 4.37. The van der Waals surface area contributed by atoms with Crippen molar-refractivity contribution in [3.05, 3.63) is 30.4 Å². The van der Waals surface area contributed by atoms with E-state index in [0.717, 1.165) is 48.0 Å². The Morgan fingerprint density at radius 3 is 2.73 bits per heavy atom. The molecule has 1 aliphatic rings. The molecule has 11 heteroatoms. The molecule has 0 amide bonds. The van der Waals surface area contributed by atoms with Crippen LogP contribution in [0.15, 0.2) is 24.7 Å². The molecule has 180 valence electrons. The first-order valence-corrected chi connectivity index (χ1v) is 13.3. The van der Waals surface area contributed by atoms with Gasteiger partial charge in [0.1, 0.15) is 9.84 Å². The van der Waals surface area contributed by atoms with E-state index < -0.39 is 9.84 Å². The van der Waals surface area contributed by atoms with Crippen molar-refractivity contribution in [3.8, 4) is 11.1 Å². The number of hydrogen-bond acceptors (Lipinski definition) is 8. The summed E-state index contributed by atoms with van der Waals surface area (Å²) in [4.78, 5) is 4.52. The van der Waals surface area contributed by atoms with Crippen molar-refractivity contribution in [1.29, 1.82) is 0 Å². The number of ether oxygens (including phenoxy) is 1. The molecule has 0 aliphatic heterocycles. The van der Waals surface area contributed by atoms with Gasteiger partial charge in [-0.3, -0.25) is 4.68 Å². The first kappa shape index (κ1) is 23.7. The van der Waals surface area contributed by atoms with Crippen LogP contribution in [-0.2, 0) is 21.1 Å². The molecule has 0 bridgehead atoms. The van der Waals surface area contributed by atoms with Gasteiger partial charge < -0.3 is 15.2 Å². The normalized spacial score (nSPS) is 20.2. The van der Waals surface area contributed by atoms with Crippen molar-refractivity contribution in [2.24, 2.45) is 0 Å². The maximum Gasteiger partial charge on any atom is 0.241 e. The number of aromatic nitrogens is 5. The summed E-state index contributed by atoms with van der Waals surface area (Å²) >= 11 is 0. The van der Waals surface area contributed by atoms with Gasteiger partial charge in [0, 0.05) is 48.3 Å². The van der Waals surface area contributed by atoms with E-state index in [2.05, 4.69) is 21.5 Å². The Balaban J connectivity index is 1.70. The summed E-state index contributed by atoms with van der Waals surface area (Å²) in [5.74, 6) is 0.849. The molecule has 0 spiro atoms. The van der Waals surface area contributed by atoms with Gasteiger partial charge in [-0.2, -0.15) is 5.10 Å². The zero-order chi connectivity index (χ0) is 23.6. The van der Waals surface area contributed by atoms with Crippen LogP contribution in [0.5, 0.6) is 0 Å². The monoisotopic (exact) mass is 476 g/mol. The van der Waals surface area contributed by atoms with Crippen molar-refractivity contribution in [2.45, 2.75) is 57.2 Å². The molecule has 3 aromatic rings. The molecule has 2 N–H and O–H groups in total. The lowest BCUT2D eigenvalue weighted by atomic mass is 9.85. The van der Waals surface area contributed by atoms with Crippen molar-refractivity contribution in [3.63, 3.8) is 0 Å². The third-order valence-electron chi connectivity index (χ3n) is 6.09. The molecule has 1 aliphatic carbocycles. The van der Waals surface area contributed by atoms with E-state index >= 15 is 0 Å². The van der Waals surface area contributed by atoms with Crippen LogP contribution < -0.4 is 5.32 Å². The third kappa shape index (κ3) is 5.71. The minimum atomic E-state index is -3.07. The summed E-state index contributed by atoms with van der Waals surface area (Å²) in [5.41, 5.74) is 3.79. The lowest BCUT2D eigenvalue weighted by Gasteiger charge is -2.25. The first-order chi connectivity index (χ1) is 15.7. The summed E-state index contributed by atoms with van der Waals surface area (Å²) < 4.78 is 31.8. The van der Waals surface area contributed by atoms with Crippen LogP contribution in [0.4, 0.5) is 5.95 Å². The number of nitrogens with zero attached hydrogens (tertiary/aromatic N) is 5. The zero-order valence-corrected chi connectivity index (χ0v) is 20.1. The number of methoxy groups -OCH3 is 1. The van der Waals surface area contributed by atoms with E-state index in [-0.39, 0.29) is 23.8 Å². The van der Waals surface area contributed by atoms with Crippen molar-refractivity contribution < 1.29 is 18.3 Å². The number of aryl methyl sites for hydroxylation is 1. The summed E-state index contributed by atoms with van der Waals surface area (Å²) in [6.45, 7) is 2.85. The van der Waals surface area contributed by atoms with Gasteiger partial charge in [0.25, 0.3) is 0 Å². The van der Waals surface area contributed by atoms with Gasteiger partial charge in [-0.05, 0) is 38.7 Å². The molecule has 1 fully saturated rings. The number of rotatable bonds is 9. The lowest BCUT2D eigenvalue weighted by Crippen LogP contribution is -2.23. The highest BCUT2D eigenvalue weighted by molar-refractivity contribution is 7.90. The summed E-state index contributed by atoms with van der Waals surface area (Å²) in [7, 11) is -1.41. The average Bonchev–Trinajstić information content (AvgIpc) is 3.37. The molecule has 1 saturated carbocycles. The third-order valence-corrected chi connectivity index (χ3v) is 7.01. The second-order valence-electron chi connectivity index (χ2n) is 8.99. The van der Waals surface area contributed by atoms with Gasteiger partial charge in [-0.15, -0.1) is 5.10 Å². The fourth-order valence-corrected chi connectivity index (χ4v) is 4.89. The molecule has 0 saturated heterocycles. The second kappa shape index (κ2) is 9.78. The van der Waals surface area contributed by atoms with E-state index in [1.807, 2.05) is 17.6 Å². The molecule has 0 unspecified atom stereocenters. The molecule has 33 heavy (non-hydrogen) atoms. The van der Waals surface area contributed by atoms with Crippen molar-refractivity contribution in [1.82, 2.24) is 24.4 Å². The molecule has 0 aromatic carbocycles. The molecule has 1 atom stereocenters. The van der Waals surface area contributed by atoms with E-state index in [9.17, 15) is 13.5 Å². The van der Waals surface area contributed by atoms with E-state index in [1.165, 1.54) is 6.26 Å². The van der Waals surface area contributed by atoms with Crippen LogP contribution in [-0.4, -0.2) is 75.8 Å². The van der Waals surface area contributed by atoms with Crippen LogP contribution in [0, 0.1) is 0 Å². The predicted molar refractivity (Wildman–Crippen MR) is 126 cm³/mol. The lowest BCUT2D eigenvalue weighted by molar-refractivity contribution is 0.121. The highest BCUT2D eigenvalue weighted by atomic mass is 32.2. The highest BCUT2D eigenvalue weighted by Gasteiger charge is 2.26. The van der Waals surface area contributed by atoms with Gasteiger partial charge in [-0.25, -0.2) is 17.9 Å². The molecule has 0 radical (unpaired) electrons. The number of anilines is 1. The van der Waals surface area contributed by atoms with Gasteiger partial charge in [-0.1, -0.05) is 0 Å². The van der Waals surface area contributed by atoms with Crippen LogP contribution in [0.3, 0.4) is 0 Å². The highest BCUT2D eigenvalue weighted by Crippen LogP contribution is 2.37. The van der Waals surface area contributed by atoms with Gasteiger partial charge in [0.15, 0.2) is 0 Å². The average molecular weight is 477 g/mol. The van der Waals surface area contributed by atoms with Crippen LogP contribution in [0.1, 0.15) is 44.2 Å². The number of sulfone groups is 1. The maximum absolute atomic E-state index is 11.5. The van der Waals surface area contributed by atoms with Gasteiger partial charge >= 0.3 is 0 Å². The molecular weight excluding hydrogens is 444 g/mol. The Labute approximate surface area is 193 Å². The number of aliphatic hydroxyl groups excluding tert-OH is 1. The minimum absolute atomic E-state index is 0.0398. The van der Waals surface area contributed by atoms with Crippen LogP contribution in [0.25, 0.3) is 16.6 Å². The molecular formula is C22H32N6O4S. The summed E-state index contributed by atoms with van der Waals surface area (Å²) in [6, 6.07) is 2.19. The smallest absolute Gasteiger partial charge is 0.241 e. The number of nitrogens with one attached hydrogen (secondary N) is 1. The van der Waals surface area contributed by atoms with Gasteiger partial charge in [0.2, 0.25) is 5.95 Å². The van der Waals surface area contributed by atoms with E-state index in [0.29, 0.717) is 19.1 Å². The molecule has 4 rings (SSSR count). The first-order valence-electron chi connectivity index (χ1n) is 11.3. The van der Waals surface area contributed by atoms with Gasteiger partial charge in [0.05, 0.1) is 42.9 Å². The Morgan fingerprint density at radius 1 is 1.27 bits per heavy atom. The summed E-state index contributed by atoms with van der Waals surface area (Å²) in [5, 5.41) is 22.4. The molecule has 3 heterocycles. The summed E-state index contributed by atoms with van der Waals surface area (Å²) in [6.07, 6.45) is 9.75. The van der Waals surface area contributed by atoms with E-state index in [4.69, 9.17) is 9.84 Å². The topological polar surface area (TPSA) is 124 Å². The largest absolute Gasteiger partial charge is 0.393 e. The fraction of sp³-hybridized carbons (Fsp3) is 0.591. The number of fused-ring (bicyclic) bond motifs is 1. The molecule has 3 aromatic heterocycles. The Bertz CT molecular complexity index is 1200. The van der Waals surface area contributed by atoms with Crippen LogP contribution >= 0.6 is 0 Å². The molecule has 10 nitrogen and oxygen atoms in total. The SMILES string of the molecule is COC[C@H](C)Nc1ncc2c(-c3cnn(CCS(C)(=O)=O)c3)cc([C@H]3CC[C@H](O)CC3)n2n1. The van der Waals surface area contributed by atoms with E-state index in [1.54, 1.807) is 24.2 Å². The Hall–Kier alpha value is -2.50. The van der Waals surface area contributed by atoms with Crippen LogP contribution in [0.2, 0.25) is 0 Å². The van der Waals surface area contributed by atoms with Crippen molar-refractivity contribution >= 4 is 21.3 Å². The minimum Gasteiger partial charge on any atom is -0.393 e. The standard InChI is InChI=1S/C22H32N6O4S/c1-15(14-32-2)25-22-23-12-21-19(17-11-24-27(13-17)8-9-33(3,30)31)10-20(28(21)26-22)16-4-6-18(29)7-5-16/h10-13,15-16,18,29H,4-9,14H2,1-3H3,(H,25,26)/t15-,16-,18-/m0/s1. The zero-order valence-electron chi connectivity index (χ0n) is 19.3. The number of aliphatic hydroxyl groups is 1. The quantitative estimate of drug-likeness (QED) is 0.481. The Morgan fingerprint density at radius 2 is 2.03 bits per heavy atom.